The van der Waals surface area contributed by atoms with Crippen molar-refractivity contribution in [3.05, 3.63) is 18.0 Å². The fourth-order valence-electron chi connectivity index (χ4n) is 5.25. The number of aromatic nitrogens is 2. The van der Waals surface area contributed by atoms with E-state index in [1.165, 1.54) is 24.9 Å². The van der Waals surface area contributed by atoms with Crippen molar-refractivity contribution in [2.75, 3.05) is 39.3 Å². The van der Waals surface area contributed by atoms with Crippen molar-refractivity contribution >= 4 is 5.91 Å². The van der Waals surface area contributed by atoms with Crippen LogP contribution in [-0.4, -0.2) is 70.8 Å². The molecule has 0 saturated carbocycles. The Balaban J connectivity index is 1.27. The first kappa shape index (κ1) is 18.9. The topological polar surface area (TPSA) is 53.4 Å². The van der Waals surface area contributed by atoms with E-state index in [4.69, 9.17) is 0 Å². The van der Waals surface area contributed by atoms with E-state index in [9.17, 15) is 4.79 Å². The SMILES string of the molecule is Cc1cnn(CCCN2CC[C@@H]3[C@@H](CCC(=O)N3CC3CCNCC3)C2)c1. The Kier molecular flexibility index (Phi) is 6.13. The smallest absolute Gasteiger partial charge is 0.222 e. The van der Waals surface area contributed by atoms with Crippen LogP contribution in [0.4, 0.5) is 0 Å². The number of carbonyl (C=O) groups is 1. The van der Waals surface area contributed by atoms with Gasteiger partial charge in [0, 0.05) is 44.8 Å². The third-order valence-electron chi connectivity index (χ3n) is 6.77. The van der Waals surface area contributed by atoms with Crippen LogP contribution in [0.1, 0.15) is 44.1 Å². The van der Waals surface area contributed by atoms with Gasteiger partial charge in [0.15, 0.2) is 0 Å². The maximum absolute atomic E-state index is 12.6. The molecule has 0 aromatic carbocycles. The molecular formula is C21H35N5O. The summed E-state index contributed by atoms with van der Waals surface area (Å²) in [5, 5.41) is 7.83. The molecule has 1 aromatic heterocycles. The quantitative estimate of drug-likeness (QED) is 0.827. The first-order valence-corrected chi connectivity index (χ1v) is 10.9. The maximum Gasteiger partial charge on any atom is 0.222 e. The molecule has 0 spiro atoms. The molecule has 1 N–H and O–H groups in total. The van der Waals surface area contributed by atoms with Gasteiger partial charge in [0.2, 0.25) is 5.91 Å². The summed E-state index contributed by atoms with van der Waals surface area (Å²) in [5.74, 6) is 1.78. The monoisotopic (exact) mass is 373 g/mol. The Morgan fingerprint density at radius 3 is 2.81 bits per heavy atom. The van der Waals surface area contributed by atoms with Gasteiger partial charge in [-0.3, -0.25) is 9.48 Å². The molecule has 3 saturated heterocycles. The molecule has 0 unspecified atom stereocenters. The fraction of sp³-hybridized carbons (Fsp3) is 0.810. The molecule has 150 valence electrons. The Morgan fingerprint density at radius 2 is 2.04 bits per heavy atom. The van der Waals surface area contributed by atoms with Crippen LogP contribution >= 0.6 is 0 Å². The molecule has 3 aliphatic heterocycles. The molecule has 6 heteroatoms. The minimum absolute atomic E-state index is 0.414. The van der Waals surface area contributed by atoms with Crippen molar-refractivity contribution in [1.82, 2.24) is 24.9 Å². The highest BCUT2D eigenvalue weighted by atomic mass is 16.2. The lowest BCUT2D eigenvalue weighted by molar-refractivity contribution is -0.142. The minimum Gasteiger partial charge on any atom is -0.339 e. The molecule has 6 nitrogen and oxygen atoms in total. The van der Waals surface area contributed by atoms with Crippen LogP contribution in [-0.2, 0) is 11.3 Å². The number of rotatable bonds is 6. The minimum atomic E-state index is 0.414. The van der Waals surface area contributed by atoms with Gasteiger partial charge in [-0.25, -0.2) is 0 Å². The molecular weight excluding hydrogens is 338 g/mol. The van der Waals surface area contributed by atoms with Gasteiger partial charge >= 0.3 is 0 Å². The van der Waals surface area contributed by atoms with E-state index in [2.05, 4.69) is 38.0 Å². The molecule has 0 radical (unpaired) electrons. The van der Waals surface area contributed by atoms with E-state index in [1.54, 1.807) is 0 Å². The van der Waals surface area contributed by atoms with E-state index >= 15 is 0 Å². The second kappa shape index (κ2) is 8.74. The summed E-state index contributed by atoms with van der Waals surface area (Å²) in [4.78, 5) is 17.5. The van der Waals surface area contributed by atoms with Crippen molar-refractivity contribution in [2.24, 2.45) is 11.8 Å². The largest absolute Gasteiger partial charge is 0.339 e. The highest BCUT2D eigenvalue weighted by molar-refractivity contribution is 5.77. The number of aryl methyl sites for hydroxylation is 2. The molecule has 0 aliphatic carbocycles. The lowest BCUT2D eigenvalue weighted by Gasteiger charge is -2.48. The predicted octanol–water partition coefficient (Wildman–Crippen LogP) is 1.89. The number of fused-ring (bicyclic) bond motifs is 1. The zero-order valence-corrected chi connectivity index (χ0v) is 16.8. The number of nitrogens with zero attached hydrogens (tertiary/aromatic N) is 4. The summed E-state index contributed by atoms with van der Waals surface area (Å²) >= 11 is 0. The van der Waals surface area contributed by atoms with Crippen molar-refractivity contribution in [1.29, 1.82) is 0 Å². The Hall–Kier alpha value is -1.40. The van der Waals surface area contributed by atoms with Crippen LogP contribution in [0.5, 0.6) is 0 Å². The van der Waals surface area contributed by atoms with Crippen LogP contribution in [0.15, 0.2) is 12.4 Å². The maximum atomic E-state index is 12.6. The Morgan fingerprint density at radius 1 is 1.19 bits per heavy atom. The average Bonchev–Trinajstić information content (AvgIpc) is 3.10. The number of likely N-dealkylation sites (tertiary alicyclic amines) is 2. The Labute approximate surface area is 163 Å². The van der Waals surface area contributed by atoms with Crippen molar-refractivity contribution < 1.29 is 4.79 Å². The number of carbonyl (C=O) groups excluding carboxylic acids is 1. The van der Waals surface area contributed by atoms with Crippen LogP contribution < -0.4 is 5.32 Å². The van der Waals surface area contributed by atoms with E-state index in [1.807, 2.05) is 6.20 Å². The third kappa shape index (κ3) is 4.72. The van der Waals surface area contributed by atoms with Crippen LogP contribution in [0.3, 0.4) is 0 Å². The molecule has 3 fully saturated rings. The average molecular weight is 374 g/mol. The molecule has 0 bridgehead atoms. The number of hydrogen-bond donors (Lipinski definition) is 1. The van der Waals surface area contributed by atoms with E-state index in [0.29, 0.717) is 23.8 Å². The summed E-state index contributed by atoms with van der Waals surface area (Å²) < 4.78 is 2.06. The standard InChI is InChI=1S/C21H35N5O/c1-17-13-23-25(14-17)11-2-10-24-12-7-20-19(16-24)3-4-21(27)26(20)15-18-5-8-22-9-6-18/h13-14,18-20,22H,2-12,15-16H2,1H3/t19-,20+/m0/s1. The number of amides is 1. The first-order chi connectivity index (χ1) is 13.2. The summed E-state index contributed by atoms with van der Waals surface area (Å²) in [6.45, 7) is 9.76. The van der Waals surface area contributed by atoms with Crippen LogP contribution in [0, 0.1) is 18.8 Å². The van der Waals surface area contributed by atoms with E-state index in [0.717, 1.165) is 65.0 Å². The fourth-order valence-corrected chi connectivity index (χ4v) is 5.25. The van der Waals surface area contributed by atoms with Gasteiger partial charge in [-0.15, -0.1) is 0 Å². The van der Waals surface area contributed by atoms with Gasteiger partial charge in [0.25, 0.3) is 0 Å². The zero-order chi connectivity index (χ0) is 18.6. The lowest BCUT2D eigenvalue weighted by atomic mass is 9.82. The van der Waals surface area contributed by atoms with Gasteiger partial charge in [0.1, 0.15) is 0 Å². The van der Waals surface area contributed by atoms with Crippen molar-refractivity contribution in [3.8, 4) is 0 Å². The molecule has 4 heterocycles. The molecule has 4 rings (SSSR count). The summed E-state index contributed by atoms with van der Waals surface area (Å²) in [6.07, 6.45) is 10.6. The molecule has 3 aliphatic rings. The van der Waals surface area contributed by atoms with E-state index in [-0.39, 0.29) is 0 Å². The summed E-state index contributed by atoms with van der Waals surface area (Å²) in [6, 6.07) is 0.492. The van der Waals surface area contributed by atoms with Gasteiger partial charge in [0.05, 0.1) is 6.20 Å². The summed E-state index contributed by atoms with van der Waals surface area (Å²) in [7, 11) is 0. The van der Waals surface area contributed by atoms with Gasteiger partial charge in [-0.05, 0) is 76.1 Å². The molecule has 1 amide bonds. The van der Waals surface area contributed by atoms with Gasteiger partial charge in [-0.1, -0.05) is 0 Å². The van der Waals surface area contributed by atoms with E-state index < -0.39 is 0 Å². The van der Waals surface area contributed by atoms with Gasteiger partial charge < -0.3 is 15.1 Å². The summed E-state index contributed by atoms with van der Waals surface area (Å²) in [5.41, 5.74) is 1.23. The second-order valence-corrected chi connectivity index (χ2v) is 8.83. The first-order valence-electron chi connectivity index (χ1n) is 10.9. The number of hydrogen-bond acceptors (Lipinski definition) is 4. The molecule has 27 heavy (non-hydrogen) atoms. The molecule has 1 aromatic rings. The second-order valence-electron chi connectivity index (χ2n) is 8.83. The third-order valence-corrected chi connectivity index (χ3v) is 6.77. The van der Waals surface area contributed by atoms with Gasteiger partial charge in [-0.2, -0.15) is 5.10 Å². The number of piperidine rings is 3. The van der Waals surface area contributed by atoms with Crippen molar-refractivity contribution in [2.45, 2.75) is 58.0 Å². The Bertz CT molecular complexity index is 624. The van der Waals surface area contributed by atoms with Crippen LogP contribution in [0.25, 0.3) is 0 Å². The predicted molar refractivity (Wildman–Crippen MR) is 106 cm³/mol. The number of nitrogens with one attached hydrogen (secondary N) is 1. The highest BCUT2D eigenvalue weighted by Gasteiger charge is 2.39. The highest BCUT2D eigenvalue weighted by Crippen LogP contribution is 2.32. The normalized spacial score (nSPS) is 27.7. The van der Waals surface area contributed by atoms with Crippen molar-refractivity contribution in [3.63, 3.8) is 0 Å². The molecule has 2 atom stereocenters. The lowest BCUT2D eigenvalue weighted by Crippen LogP contribution is -2.57. The van der Waals surface area contributed by atoms with Crippen LogP contribution in [0.2, 0.25) is 0 Å². The zero-order valence-electron chi connectivity index (χ0n) is 16.8.